The third-order valence-electron chi connectivity index (χ3n) is 7.32. The van der Waals surface area contributed by atoms with Gasteiger partial charge < -0.3 is 24.8 Å². The Morgan fingerprint density at radius 1 is 1.02 bits per heavy atom. The number of nitrogens with two attached hydrogens (primary N) is 1. The quantitative estimate of drug-likeness (QED) is 0.265. The third-order valence-corrected chi connectivity index (χ3v) is 7.32. The molecule has 1 atom stereocenters. The number of rotatable bonds is 6. The average Bonchev–Trinajstić information content (AvgIpc) is 3.53. The van der Waals surface area contributed by atoms with E-state index in [-0.39, 0.29) is 51.7 Å². The molecule has 14 heteroatoms. The Bertz CT molecular complexity index is 1770. The molecule has 2 heterocycles. The van der Waals surface area contributed by atoms with E-state index in [1.54, 1.807) is 0 Å². The van der Waals surface area contributed by atoms with E-state index in [1.165, 1.54) is 78.7 Å². The fourth-order valence-electron chi connectivity index (χ4n) is 5.27. The van der Waals surface area contributed by atoms with Crippen LogP contribution in [0.1, 0.15) is 56.6 Å². The van der Waals surface area contributed by atoms with Gasteiger partial charge in [0, 0.05) is 35.5 Å². The first-order chi connectivity index (χ1) is 20.8. The predicted molar refractivity (Wildman–Crippen MR) is 145 cm³/mol. The molecule has 1 aliphatic carbocycles. The zero-order valence-corrected chi connectivity index (χ0v) is 22.9. The van der Waals surface area contributed by atoms with Gasteiger partial charge in [0.05, 0.1) is 11.4 Å². The molecular formula is C30H23F5N4O5. The summed E-state index contributed by atoms with van der Waals surface area (Å²) in [7, 11) is 1.41. The van der Waals surface area contributed by atoms with Gasteiger partial charge in [-0.05, 0) is 73.9 Å². The van der Waals surface area contributed by atoms with Crippen LogP contribution < -0.4 is 24.8 Å². The lowest BCUT2D eigenvalue weighted by Gasteiger charge is -2.26. The lowest BCUT2D eigenvalue weighted by Crippen LogP contribution is -2.26. The second-order valence-corrected chi connectivity index (χ2v) is 10.2. The molecule has 2 N–H and O–H groups in total. The zero-order valence-electron chi connectivity index (χ0n) is 22.9. The second kappa shape index (κ2) is 10.5. The largest absolute Gasteiger partial charge is 0.586 e. The van der Waals surface area contributed by atoms with Crippen molar-refractivity contribution in [2.24, 2.45) is 5.73 Å². The molecule has 1 aromatic heterocycles. The summed E-state index contributed by atoms with van der Waals surface area (Å²) in [5.41, 5.74) is 5.17. The standard InChI is InChI=1S/C30H23F5N4O5/c1-38(18-10-13-22-24(15-18)44-30(34,35)43-22)28(41)17-4-2-5-19(14-17)39-25-21(26(37-39)29(31,32)33)6-3-7-23(25)42-20-11-8-16(9-12-20)27(36)40/h2,4-5,8-15,23H,3,6-7H2,1H3,(H2,36,40)/t23-/m1/s1. The highest BCUT2D eigenvalue weighted by atomic mass is 19.4. The number of ether oxygens (including phenoxy) is 3. The fourth-order valence-corrected chi connectivity index (χ4v) is 5.27. The Balaban J connectivity index is 1.34. The number of carbonyl (C=O) groups excluding carboxylic acids is 2. The normalized spacial score (nSPS) is 16.7. The Labute approximate surface area is 246 Å². The molecule has 0 spiro atoms. The van der Waals surface area contributed by atoms with Gasteiger partial charge in [-0.3, -0.25) is 9.59 Å². The summed E-state index contributed by atoms with van der Waals surface area (Å²) in [6.07, 6.45) is -8.48. The number of aromatic nitrogens is 2. The number of benzene rings is 3. The molecule has 0 saturated heterocycles. The molecule has 0 fully saturated rings. The van der Waals surface area contributed by atoms with E-state index >= 15 is 0 Å². The van der Waals surface area contributed by atoms with Crippen LogP contribution >= 0.6 is 0 Å². The van der Waals surface area contributed by atoms with Gasteiger partial charge in [0.1, 0.15) is 11.9 Å². The number of fused-ring (bicyclic) bond motifs is 2. The van der Waals surface area contributed by atoms with E-state index in [1.807, 2.05) is 0 Å². The second-order valence-electron chi connectivity index (χ2n) is 10.2. The maximum atomic E-state index is 14.1. The van der Waals surface area contributed by atoms with Crippen LogP contribution in [0.3, 0.4) is 0 Å². The van der Waals surface area contributed by atoms with Crippen molar-refractivity contribution in [3.05, 3.63) is 94.8 Å². The molecule has 0 bridgehead atoms. The number of alkyl halides is 5. The van der Waals surface area contributed by atoms with Crippen LogP contribution in [0.5, 0.6) is 17.2 Å². The van der Waals surface area contributed by atoms with Crippen molar-refractivity contribution < 1.29 is 45.8 Å². The first kappa shape index (κ1) is 29.0. The molecular weight excluding hydrogens is 591 g/mol. The topological polar surface area (TPSA) is 109 Å². The Morgan fingerprint density at radius 3 is 2.45 bits per heavy atom. The summed E-state index contributed by atoms with van der Waals surface area (Å²) in [6, 6.07) is 15.6. The van der Waals surface area contributed by atoms with Crippen LogP contribution in [0.25, 0.3) is 5.69 Å². The molecule has 44 heavy (non-hydrogen) atoms. The molecule has 0 unspecified atom stereocenters. The summed E-state index contributed by atoms with van der Waals surface area (Å²) in [5.74, 6) is -1.33. The first-order valence-corrected chi connectivity index (χ1v) is 13.3. The maximum absolute atomic E-state index is 14.1. The number of carbonyl (C=O) groups is 2. The number of nitrogens with zero attached hydrogens (tertiary/aromatic N) is 3. The van der Waals surface area contributed by atoms with Gasteiger partial charge in [0.15, 0.2) is 17.2 Å². The highest BCUT2D eigenvalue weighted by molar-refractivity contribution is 6.06. The summed E-state index contributed by atoms with van der Waals surface area (Å²) in [4.78, 5) is 26.0. The van der Waals surface area contributed by atoms with Crippen molar-refractivity contribution >= 4 is 17.5 Å². The van der Waals surface area contributed by atoms with Gasteiger partial charge in [-0.15, -0.1) is 8.78 Å². The molecule has 3 aromatic carbocycles. The monoisotopic (exact) mass is 614 g/mol. The number of halogens is 5. The number of amides is 2. The van der Waals surface area contributed by atoms with Crippen molar-refractivity contribution in [1.29, 1.82) is 0 Å². The van der Waals surface area contributed by atoms with Crippen molar-refractivity contribution in [3.8, 4) is 22.9 Å². The summed E-state index contributed by atoms with van der Waals surface area (Å²) >= 11 is 0. The van der Waals surface area contributed by atoms with E-state index < -0.39 is 36.1 Å². The molecule has 4 aromatic rings. The summed E-state index contributed by atoms with van der Waals surface area (Å²) in [5, 5.41) is 3.94. The van der Waals surface area contributed by atoms with E-state index in [0.717, 1.165) is 4.68 Å². The number of primary amides is 1. The van der Waals surface area contributed by atoms with Crippen LogP contribution in [0, 0.1) is 0 Å². The van der Waals surface area contributed by atoms with Gasteiger partial charge in [-0.2, -0.15) is 18.3 Å². The highest BCUT2D eigenvalue weighted by Gasteiger charge is 2.44. The Hall–Kier alpha value is -5.14. The van der Waals surface area contributed by atoms with Crippen LogP contribution in [-0.4, -0.2) is 34.9 Å². The van der Waals surface area contributed by atoms with Crippen molar-refractivity contribution in [1.82, 2.24) is 9.78 Å². The van der Waals surface area contributed by atoms with Crippen molar-refractivity contribution in [2.75, 3.05) is 11.9 Å². The van der Waals surface area contributed by atoms with Crippen molar-refractivity contribution in [3.63, 3.8) is 0 Å². The number of hydrogen-bond acceptors (Lipinski definition) is 6. The maximum Gasteiger partial charge on any atom is 0.586 e. The SMILES string of the molecule is CN(C(=O)c1cccc(-n2nc(C(F)(F)F)c3c2[C@H](Oc2ccc(C(N)=O)cc2)CCC3)c1)c1ccc2c(c1)OC(F)(F)O2. The average molecular weight is 615 g/mol. The van der Waals surface area contributed by atoms with Crippen LogP contribution in [0.4, 0.5) is 27.6 Å². The van der Waals surface area contributed by atoms with Gasteiger partial charge in [0.2, 0.25) is 5.91 Å². The molecule has 1 aliphatic heterocycles. The van der Waals surface area contributed by atoms with Crippen LogP contribution in [0.2, 0.25) is 0 Å². The molecule has 228 valence electrons. The molecule has 2 aliphatic rings. The zero-order chi connectivity index (χ0) is 31.4. The minimum Gasteiger partial charge on any atom is -0.484 e. The van der Waals surface area contributed by atoms with Gasteiger partial charge in [-0.1, -0.05) is 6.07 Å². The smallest absolute Gasteiger partial charge is 0.484 e. The highest BCUT2D eigenvalue weighted by Crippen LogP contribution is 2.44. The molecule has 2 amide bonds. The van der Waals surface area contributed by atoms with E-state index in [2.05, 4.69) is 14.6 Å². The number of anilines is 1. The van der Waals surface area contributed by atoms with E-state index in [9.17, 15) is 31.5 Å². The molecule has 6 rings (SSSR count). The number of hydrogen-bond donors (Lipinski definition) is 1. The fraction of sp³-hybridized carbons (Fsp3) is 0.233. The minimum atomic E-state index is -4.75. The minimum absolute atomic E-state index is 0.00600. The van der Waals surface area contributed by atoms with Gasteiger partial charge in [-0.25, -0.2) is 4.68 Å². The van der Waals surface area contributed by atoms with Gasteiger partial charge >= 0.3 is 12.5 Å². The Kier molecular flexibility index (Phi) is 6.94. The van der Waals surface area contributed by atoms with Crippen LogP contribution in [0.15, 0.2) is 66.7 Å². The van der Waals surface area contributed by atoms with Crippen molar-refractivity contribution in [2.45, 2.75) is 37.8 Å². The molecule has 9 nitrogen and oxygen atoms in total. The molecule has 0 saturated carbocycles. The predicted octanol–water partition coefficient (Wildman–Crippen LogP) is 6.04. The van der Waals surface area contributed by atoms with Crippen LogP contribution in [-0.2, 0) is 12.6 Å². The summed E-state index contributed by atoms with van der Waals surface area (Å²) in [6.45, 7) is 0. The lowest BCUT2D eigenvalue weighted by atomic mass is 9.92. The molecule has 0 radical (unpaired) electrons. The summed E-state index contributed by atoms with van der Waals surface area (Å²) < 4.78 is 85.4. The third kappa shape index (κ3) is 5.38. The first-order valence-electron chi connectivity index (χ1n) is 13.3. The van der Waals surface area contributed by atoms with E-state index in [4.69, 9.17) is 10.5 Å². The Morgan fingerprint density at radius 2 is 1.75 bits per heavy atom. The van der Waals surface area contributed by atoms with Gasteiger partial charge in [0.25, 0.3) is 5.91 Å². The lowest BCUT2D eigenvalue weighted by molar-refractivity contribution is -0.286. The van der Waals surface area contributed by atoms with E-state index in [0.29, 0.717) is 18.6 Å².